The van der Waals surface area contributed by atoms with Crippen molar-refractivity contribution >= 4 is 46.7 Å². The molecule has 1 aliphatic heterocycles. The Balaban J connectivity index is 1.80. The largest absolute Gasteiger partial charge is 0.497 e. The number of alkyl halides is 3. The molecule has 2 fully saturated rings. The van der Waals surface area contributed by atoms with Crippen molar-refractivity contribution in [3.05, 3.63) is 29.8 Å². The van der Waals surface area contributed by atoms with E-state index in [1.807, 2.05) is 24.3 Å². The van der Waals surface area contributed by atoms with Gasteiger partial charge in [-0.05, 0) is 36.5 Å². The summed E-state index contributed by atoms with van der Waals surface area (Å²) in [5.41, 5.74) is 0.810. The van der Waals surface area contributed by atoms with Crippen LogP contribution in [0.3, 0.4) is 0 Å². The zero-order valence-electron chi connectivity index (χ0n) is 15.1. The maximum atomic E-state index is 12.4. The molecule has 1 aromatic carbocycles. The summed E-state index contributed by atoms with van der Waals surface area (Å²) in [4.78, 5) is 26.3. The predicted molar refractivity (Wildman–Crippen MR) is 105 cm³/mol. The fourth-order valence-corrected chi connectivity index (χ4v) is 4.43. The van der Waals surface area contributed by atoms with Crippen molar-refractivity contribution in [3.8, 4) is 5.75 Å². The van der Waals surface area contributed by atoms with Crippen molar-refractivity contribution in [2.45, 2.75) is 34.9 Å². The predicted octanol–water partition coefficient (Wildman–Crippen LogP) is 4.51. The lowest BCUT2D eigenvalue weighted by Gasteiger charge is -2.50. The van der Waals surface area contributed by atoms with Gasteiger partial charge in [0.1, 0.15) is 18.1 Å². The number of fused-ring (bicyclic) bond motifs is 1. The Kier molecular flexibility index (Phi) is 6.14. The minimum absolute atomic E-state index is 0.163. The van der Waals surface area contributed by atoms with Crippen molar-refractivity contribution in [1.82, 2.24) is 4.90 Å². The molecule has 8 heteroatoms. The van der Waals surface area contributed by atoms with Gasteiger partial charge in [0, 0.05) is 31.3 Å². The summed E-state index contributed by atoms with van der Waals surface area (Å²) < 4.78 is 8.86. The van der Waals surface area contributed by atoms with Crippen LogP contribution in [-0.4, -0.2) is 47.4 Å². The molecule has 148 valence electrons. The van der Waals surface area contributed by atoms with E-state index in [1.54, 1.807) is 12.0 Å². The summed E-state index contributed by atoms with van der Waals surface area (Å²) >= 11 is 17.0. The number of Topliss-reactive ketones (excluding diaryl/α,β-unsaturated/α-hetero) is 1. The Morgan fingerprint density at radius 3 is 2.85 bits per heavy atom. The zero-order chi connectivity index (χ0) is 19.7. The van der Waals surface area contributed by atoms with Crippen LogP contribution >= 0.6 is 34.8 Å². The molecule has 1 aliphatic carbocycles. The van der Waals surface area contributed by atoms with Gasteiger partial charge >= 0.3 is 6.09 Å². The summed E-state index contributed by atoms with van der Waals surface area (Å²) in [6.07, 6.45) is 1.96. The highest BCUT2D eigenvalue weighted by Gasteiger charge is 2.49. The van der Waals surface area contributed by atoms with Gasteiger partial charge in [-0.2, -0.15) is 0 Å². The minimum atomic E-state index is -1.63. The van der Waals surface area contributed by atoms with Gasteiger partial charge < -0.3 is 14.4 Å². The van der Waals surface area contributed by atoms with Gasteiger partial charge in [-0.1, -0.05) is 46.9 Å². The number of amides is 1. The maximum Gasteiger partial charge on any atom is 0.409 e. The van der Waals surface area contributed by atoms with Crippen LogP contribution in [0.1, 0.15) is 31.2 Å². The lowest BCUT2D eigenvalue weighted by Crippen LogP contribution is -2.54. The first-order chi connectivity index (χ1) is 12.7. The van der Waals surface area contributed by atoms with E-state index >= 15 is 0 Å². The van der Waals surface area contributed by atoms with Crippen LogP contribution in [0.15, 0.2) is 24.3 Å². The number of likely N-dealkylation sites (tertiary alicyclic amines) is 1. The van der Waals surface area contributed by atoms with Gasteiger partial charge in [-0.3, -0.25) is 4.79 Å². The molecule has 0 radical (unpaired) electrons. The number of hydrogen-bond donors (Lipinski definition) is 0. The van der Waals surface area contributed by atoms with Crippen molar-refractivity contribution in [1.29, 1.82) is 0 Å². The quantitative estimate of drug-likeness (QED) is 0.657. The van der Waals surface area contributed by atoms with Gasteiger partial charge in [0.25, 0.3) is 0 Å². The highest BCUT2D eigenvalue weighted by molar-refractivity contribution is 6.67. The number of methoxy groups -OCH3 is 1. The molecule has 3 rings (SSSR count). The molecule has 1 heterocycles. The molecule has 0 bridgehead atoms. The first-order valence-electron chi connectivity index (χ1n) is 8.88. The fraction of sp³-hybridized carbons (Fsp3) is 0.579. The lowest BCUT2D eigenvalue weighted by atomic mass is 9.59. The van der Waals surface area contributed by atoms with Crippen LogP contribution in [0.5, 0.6) is 5.75 Å². The number of nitrogens with zero attached hydrogens (tertiary/aromatic N) is 1. The average Bonchev–Trinajstić information content (AvgIpc) is 2.65. The number of rotatable bonds is 3. The second kappa shape index (κ2) is 8.06. The number of carbonyl (C=O) groups excluding carboxylic acids is 2. The second-order valence-corrected chi connectivity index (χ2v) is 9.72. The number of carbonyl (C=O) groups is 2. The summed E-state index contributed by atoms with van der Waals surface area (Å²) in [6, 6.07) is 7.89. The summed E-state index contributed by atoms with van der Waals surface area (Å²) in [5.74, 6) is 1.20. The Bertz CT molecular complexity index is 721. The molecule has 27 heavy (non-hydrogen) atoms. The van der Waals surface area contributed by atoms with Crippen LogP contribution in [0.2, 0.25) is 0 Å². The molecule has 1 saturated heterocycles. The Morgan fingerprint density at radius 2 is 2.15 bits per heavy atom. The first-order valence-corrected chi connectivity index (χ1v) is 10.0. The molecule has 0 spiro atoms. The van der Waals surface area contributed by atoms with E-state index in [1.165, 1.54) is 0 Å². The molecule has 2 unspecified atom stereocenters. The molecule has 0 aromatic heterocycles. The minimum Gasteiger partial charge on any atom is -0.497 e. The lowest BCUT2D eigenvalue weighted by molar-refractivity contribution is -0.124. The van der Waals surface area contributed by atoms with Gasteiger partial charge in [-0.15, -0.1) is 0 Å². The summed E-state index contributed by atoms with van der Waals surface area (Å²) in [7, 11) is 1.63. The topological polar surface area (TPSA) is 55.8 Å². The standard InChI is InChI=1S/C19H22Cl3NO4/c1-26-16-4-2-3-13(9-16)18-7-8-23(17(25)27-12-19(20,21)22)11-14(18)5-6-15(24)10-18/h2-4,9,14H,5-8,10-12H2,1H3. The van der Waals surface area contributed by atoms with Crippen molar-refractivity contribution in [2.24, 2.45) is 5.92 Å². The molecule has 1 amide bonds. The number of hydrogen-bond acceptors (Lipinski definition) is 4. The fourth-order valence-electron chi connectivity index (χ4n) is 4.26. The molecule has 2 aliphatic rings. The number of ether oxygens (including phenoxy) is 2. The molecule has 1 aromatic rings. The Labute approximate surface area is 173 Å². The van der Waals surface area contributed by atoms with E-state index in [0.717, 1.165) is 17.7 Å². The van der Waals surface area contributed by atoms with Crippen molar-refractivity contribution in [3.63, 3.8) is 0 Å². The van der Waals surface area contributed by atoms with Crippen LogP contribution in [-0.2, 0) is 14.9 Å². The molecule has 0 N–H and O–H groups in total. The zero-order valence-corrected chi connectivity index (χ0v) is 17.3. The SMILES string of the molecule is COc1cccc(C23CCN(C(=O)OCC(Cl)(Cl)Cl)CC2CCC(=O)C3)c1. The van der Waals surface area contributed by atoms with E-state index in [2.05, 4.69) is 0 Å². The van der Waals surface area contributed by atoms with E-state index in [4.69, 9.17) is 44.3 Å². The highest BCUT2D eigenvalue weighted by Crippen LogP contribution is 2.48. The summed E-state index contributed by atoms with van der Waals surface area (Å²) in [6.45, 7) is 0.708. The highest BCUT2D eigenvalue weighted by atomic mass is 35.6. The third-order valence-corrected chi connectivity index (χ3v) is 5.92. The van der Waals surface area contributed by atoms with E-state index in [9.17, 15) is 9.59 Å². The third kappa shape index (κ3) is 4.64. The Hall–Kier alpha value is -1.17. The molecular weight excluding hydrogens is 413 g/mol. The van der Waals surface area contributed by atoms with Crippen LogP contribution in [0.25, 0.3) is 0 Å². The molecule has 5 nitrogen and oxygen atoms in total. The smallest absolute Gasteiger partial charge is 0.409 e. The first kappa shape index (κ1) is 20.6. The molecular formula is C19H22Cl3NO4. The van der Waals surface area contributed by atoms with Gasteiger partial charge in [0.15, 0.2) is 0 Å². The van der Waals surface area contributed by atoms with E-state index in [0.29, 0.717) is 32.4 Å². The number of halogens is 3. The number of ketones is 1. The van der Waals surface area contributed by atoms with Crippen molar-refractivity contribution in [2.75, 3.05) is 26.8 Å². The number of piperidine rings is 1. The monoisotopic (exact) mass is 433 g/mol. The number of benzene rings is 1. The molecule has 2 atom stereocenters. The van der Waals surface area contributed by atoms with Crippen LogP contribution < -0.4 is 4.74 Å². The van der Waals surface area contributed by atoms with Crippen LogP contribution in [0, 0.1) is 5.92 Å². The molecule has 1 saturated carbocycles. The third-order valence-electron chi connectivity index (χ3n) is 5.60. The van der Waals surface area contributed by atoms with Crippen molar-refractivity contribution < 1.29 is 19.1 Å². The second-order valence-electron chi connectivity index (χ2n) is 7.20. The van der Waals surface area contributed by atoms with E-state index in [-0.39, 0.29) is 23.7 Å². The summed E-state index contributed by atoms with van der Waals surface area (Å²) in [5, 5.41) is 0. The van der Waals surface area contributed by atoms with Gasteiger partial charge in [0.2, 0.25) is 3.79 Å². The Morgan fingerprint density at radius 1 is 1.37 bits per heavy atom. The normalized spacial score (nSPS) is 25.7. The maximum absolute atomic E-state index is 12.4. The van der Waals surface area contributed by atoms with Gasteiger partial charge in [-0.25, -0.2) is 4.79 Å². The van der Waals surface area contributed by atoms with Gasteiger partial charge in [0.05, 0.1) is 7.11 Å². The van der Waals surface area contributed by atoms with Crippen LogP contribution in [0.4, 0.5) is 4.79 Å². The average molecular weight is 435 g/mol. The van der Waals surface area contributed by atoms with E-state index < -0.39 is 9.89 Å².